The summed E-state index contributed by atoms with van der Waals surface area (Å²) in [7, 11) is 1.65. The van der Waals surface area contributed by atoms with Crippen molar-refractivity contribution in [3.63, 3.8) is 0 Å². The van der Waals surface area contributed by atoms with Crippen molar-refractivity contribution in [1.29, 1.82) is 0 Å². The Morgan fingerprint density at radius 3 is 2.65 bits per heavy atom. The van der Waals surface area contributed by atoms with Crippen molar-refractivity contribution >= 4 is 17.2 Å². The fraction of sp³-hybridized carbons (Fsp3) is 0.118. The summed E-state index contributed by atoms with van der Waals surface area (Å²) in [5.74, 6) is 0.794. The number of methoxy groups -OCH3 is 1. The number of ether oxygens (including phenoxy) is 1. The quantitative estimate of drug-likeness (QED) is 0.676. The molecule has 1 aromatic heterocycles. The first-order valence-corrected chi connectivity index (χ1v) is 6.48. The zero-order chi connectivity index (χ0) is 13.9. The van der Waals surface area contributed by atoms with Crippen molar-refractivity contribution in [2.24, 2.45) is 0 Å². The van der Waals surface area contributed by atoms with E-state index in [-0.39, 0.29) is 0 Å². The van der Waals surface area contributed by atoms with E-state index >= 15 is 0 Å². The number of hydrogen-bond acceptors (Lipinski definition) is 2. The van der Waals surface area contributed by atoms with Crippen LogP contribution in [0.3, 0.4) is 0 Å². The number of aldehydes is 1. The van der Waals surface area contributed by atoms with Gasteiger partial charge in [-0.3, -0.25) is 4.79 Å². The smallest absolute Gasteiger partial charge is 0.152 e. The van der Waals surface area contributed by atoms with E-state index in [2.05, 4.69) is 16.7 Å². The van der Waals surface area contributed by atoms with Crippen LogP contribution in [0.5, 0.6) is 5.75 Å². The minimum absolute atomic E-state index is 0.707. The molecule has 3 nitrogen and oxygen atoms in total. The Balaban J connectivity index is 2.11. The van der Waals surface area contributed by atoms with Gasteiger partial charge < -0.3 is 9.30 Å². The molecule has 0 spiro atoms. The van der Waals surface area contributed by atoms with E-state index < -0.39 is 0 Å². The van der Waals surface area contributed by atoms with Gasteiger partial charge in [0.05, 0.1) is 12.6 Å². The van der Waals surface area contributed by atoms with Crippen LogP contribution in [0, 0.1) is 0 Å². The average molecular weight is 265 g/mol. The molecule has 0 radical (unpaired) electrons. The lowest BCUT2D eigenvalue weighted by atomic mass is 10.2. The van der Waals surface area contributed by atoms with Gasteiger partial charge in [0, 0.05) is 29.8 Å². The third kappa shape index (κ3) is 2.18. The number of carbonyl (C=O) groups is 1. The maximum absolute atomic E-state index is 11.2. The highest BCUT2D eigenvalue weighted by molar-refractivity contribution is 5.98. The van der Waals surface area contributed by atoms with E-state index in [1.807, 2.05) is 42.6 Å². The summed E-state index contributed by atoms with van der Waals surface area (Å²) in [6.45, 7) is 0.734. The first-order chi connectivity index (χ1) is 9.81. The minimum Gasteiger partial charge on any atom is -0.497 e. The lowest BCUT2D eigenvalue weighted by Gasteiger charge is -2.06. The molecule has 0 unspecified atom stereocenters. The molecule has 0 aliphatic heterocycles. The van der Waals surface area contributed by atoms with Gasteiger partial charge in [-0.05, 0) is 17.7 Å². The molecule has 20 heavy (non-hydrogen) atoms. The van der Waals surface area contributed by atoms with Crippen LogP contribution >= 0.6 is 0 Å². The lowest BCUT2D eigenvalue weighted by molar-refractivity contribution is 0.112. The predicted octanol–water partition coefficient (Wildman–Crippen LogP) is 3.51. The monoisotopic (exact) mass is 265 g/mol. The number of nitrogens with zero attached hydrogens (tertiary/aromatic N) is 1. The molecule has 0 N–H and O–H groups in total. The Hall–Kier alpha value is -2.55. The van der Waals surface area contributed by atoms with Gasteiger partial charge in [-0.2, -0.15) is 0 Å². The largest absolute Gasteiger partial charge is 0.497 e. The molecule has 2 aromatic carbocycles. The van der Waals surface area contributed by atoms with Crippen molar-refractivity contribution in [3.05, 3.63) is 65.9 Å². The second-order valence-electron chi connectivity index (χ2n) is 4.70. The SMILES string of the molecule is COc1ccc2c(C=O)cn(Cc3ccccc3)c2c1. The number of benzene rings is 2. The second-order valence-corrected chi connectivity index (χ2v) is 4.70. The summed E-state index contributed by atoms with van der Waals surface area (Å²) in [5, 5.41) is 0.955. The van der Waals surface area contributed by atoms with Crippen LogP contribution in [0.25, 0.3) is 10.9 Å². The molecule has 0 saturated carbocycles. The maximum atomic E-state index is 11.2. The van der Waals surface area contributed by atoms with Crippen LogP contribution in [-0.4, -0.2) is 18.0 Å². The van der Waals surface area contributed by atoms with Crippen LogP contribution in [0.1, 0.15) is 15.9 Å². The third-order valence-electron chi connectivity index (χ3n) is 3.44. The van der Waals surface area contributed by atoms with Crippen LogP contribution in [0.2, 0.25) is 0 Å². The van der Waals surface area contributed by atoms with Crippen molar-refractivity contribution in [1.82, 2.24) is 4.57 Å². The van der Waals surface area contributed by atoms with E-state index in [0.717, 1.165) is 29.5 Å². The second kappa shape index (κ2) is 5.21. The first-order valence-electron chi connectivity index (χ1n) is 6.48. The van der Waals surface area contributed by atoms with Gasteiger partial charge in [-0.25, -0.2) is 0 Å². The molecular formula is C17H15NO2. The number of aromatic nitrogens is 1. The lowest BCUT2D eigenvalue weighted by Crippen LogP contribution is -1.97. The van der Waals surface area contributed by atoms with Gasteiger partial charge in [0.25, 0.3) is 0 Å². The fourth-order valence-electron chi connectivity index (χ4n) is 2.43. The van der Waals surface area contributed by atoms with Crippen LogP contribution in [-0.2, 0) is 6.54 Å². The number of fused-ring (bicyclic) bond motifs is 1. The van der Waals surface area contributed by atoms with Gasteiger partial charge >= 0.3 is 0 Å². The molecule has 0 atom stereocenters. The average Bonchev–Trinajstić information content (AvgIpc) is 2.85. The van der Waals surface area contributed by atoms with Gasteiger partial charge in [0.1, 0.15) is 5.75 Å². The number of carbonyl (C=O) groups excluding carboxylic acids is 1. The predicted molar refractivity (Wildman–Crippen MR) is 79.4 cm³/mol. The summed E-state index contributed by atoms with van der Waals surface area (Å²) in [6.07, 6.45) is 2.79. The third-order valence-corrected chi connectivity index (χ3v) is 3.44. The van der Waals surface area contributed by atoms with Crippen LogP contribution in [0.4, 0.5) is 0 Å². The Kier molecular flexibility index (Phi) is 3.25. The van der Waals surface area contributed by atoms with E-state index in [0.29, 0.717) is 5.56 Å². The summed E-state index contributed by atoms with van der Waals surface area (Å²) in [6, 6.07) is 16.0. The standard InChI is InChI=1S/C17H15NO2/c1-20-15-7-8-16-14(12-19)11-18(17(16)9-15)10-13-5-3-2-4-6-13/h2-9,11-12H,10H2,1H3. The number of hydrogen-bond donors (Lipinski definition) is 0. The summed E-state index contributed by atoms with van der Waals surface area (Å²) in [4.78, 5) is 11.2. The molecule has 3 heteroatoms. The van der Waals surface area contributed by atoms with Crippen molar-refractivity contribution < 1.29 is 9.53 Å². The van der Waals surface area contributed by atoms with Crippen molar-refractivity contribution in [2.45, 2.75) is 6.54 Å². The number of rotatable bonds is 4. The fourth-order valence-corrected chi connectivity index (χ4v) is 2.43. The van der Waals surface area contributed by atoms with Crippen molar-refractivity contribution in [3.8, 4) is 5.75 Å². The molecule has 0 saturated heterocycles. The van der Waals surface area contributed by atoms with E-state index in [1.54, 1.807) is 7.11 Å². The van der Waals surface area contributed by atoms with Crippen LogP contribution < -0.4 is 4.74 Å². The van der Waals surface area contributed by atoms with Gasteiger partial charge in [0.2, 0.25) is 0 Å². The first kappa shape index (κ1) is 12.5. The molecule has 3 aromatic rings. The highest BCUT2D eigenvalue weighted by atomic mass is 16.5. The maximum Gasteiger partial charge on any atom is 0.152 e. The van der Waals surface area contributed by atoms with Crippen molar-refractivity contribution in [2.75, 3.05) is 7.11 Å². The molecule has 0 aliphatic carbocycles. The molecule has 3 rings (SSSR count). The van der Waals surface area contributed by atoms with Crippen LogP contribution in [0.15, 0.2) is 54.7 Å². The summed E-state index contributed by atoms with van der Waals surface area (Å²) < 4.78 is 7.35. The Labute approximate surface area is 117 Å². The topological polar surface area (TPSA) is 31.2 Å². The van der Waals surface area contributed by atoms with E-state index in [4.69, 9.17) is 4.74 Å². The Morgan fingerprint density at radius 1 is 1.15 bits per heavy atom. The zero-order valence-corrected chi connectivity index (χ0v) is 11.2. The summed E-state index contributed by atoms with van der Waals surface area (Å²) >= 11 is 0. The highest BCUT2D eigenvalue weighted by Gasteiger charge is 2.09. The van der Waals surface area contributed by atoms with E-state index in [9.17, 15) is 4.79 Å². The molecule has 0 amide bonds. The Morgan fingerprint density at radius 2 is 1.95 bits per heavy atom. The molecular weight excluding hydrogens is 250 g/mol. The molecule has 0 bridgehead atoms. The molecule has 0 fully saturated rings. The van der Waals surface area contributed by atoms with E-state index in [1.165, 1.54) is 5.56 Å². The highest BCUT2D eigenvalue weighted by Crippen LogP contribution is 2.25. The molecule has 1 heterocycles. The zero-order valence-electron chi connectivity index (χ0n) is 11.2. The van der Waals surface area contributed by atoms with Gasteiger partial charge in [-0.15, -0.1) is 0 Å². The normalized spacial score (nSPS) is 10.7. The Bertz CT molecular complexity index is 744. The van der Waals surface area contributed by atoms with Gasteiger partial charge in [0.15, 0.2) is 6.29 Å². The molecule has 100 valence electrons. The minimum atomic E-state index is 0.707. The van der Waals surface area contributed by atoms with Gasteiger partial charge in [-0.1, -0.05) is 30.3 Å². The summed E-state index contributed by atoms with van der Waals surface area (Å²) in [5.41, 5.74) is 2.92. The molecule has 0 aliphatic rings.